The normalized spacial score (nSPS) is 40.0. The molecule has 156 valence electrons. The van der Waals surface area contributed by atoms with Crippen molar-refractivity contribution in [1.82, 2.24) is 0 Å². The van der Waals surface area contributed by atoms with Crippen molar-refractivity contribution in [2.24, 2.45) is 28.6 Å². The summed E-state index contributed by atoms with van der Waals surface area (Å²) in [7, 11) is 0. The quantitative estimate of drug-likeness (QED) is 0.597. The standard InChI is InChI=1S/C28H38O/c1-19(17-20-7-5-4-6-8-20)24-11-12-25-23-10-9-21-18-22(29)13-15-27(21,2)26(23)14-16-28(24,25)3/h4-8,12,19,21-22,24,29H,9-11,13-18H2,1-3H3/t19?,21-,22-,24+,27-,28+/m0/s1. The number of benzene rings is 1. The predicted molar refractivity (Wildman–Crippen MR) is 121 cm³/mol. The molecule has 0 radical (unpaired) electrons. The first-order chi connectivity index (χ1) is 13.9. The number of hydrogen-bond acceptors (Lipinski definition) is 1. The van der Waals surface area contributed by atoms with Gasteiger partial charge in [0.1, 0.15) is 0 Å². The van der Waals surface area contributed by atoms with Gasteiger partial charge in [0.15, 0.2) is 0 Å². The van der Waals surface area contributed by atoms with Gasteiger partial charge in [0.25, 0.3) is 0 Å². The van der Waals surface area contributed by atoms with E-state index in [0.717, 1.165) is 24.7 Å². The van der Waals surface area contributed by atoms with E-state index in [4.69, 9.17) is 0 Å². The number of hydrogen-bond donors (Lipinski definition) is 1. The largest absolute Gasteiger partial charge is 0.393 e. The molecule has 0 aliphatic heterocycles. The molecule has 1 aromatic carbocycles. The highest BCUT2D eigenvalue weighted by Crippen LogP contribution is 2.64. The van der Waals surface area contributed by atoms with Gasteiger partial charge >= 0.3 is 0 Å². The van der Waals surface area contributed by atoms with E-state index in [9.17, 15) is 5.11 Å². The smallest absolute Gasteiger partial charge is 0.0543 e. The van der Waals surface area contributed by atoms with Gasteiger partial charge in [0, 0.05) is 0 Å². The van der Waals surface area contributed by atoms with Crippen LogP contribution in [0.5, 0.6) is 0 Å². The van der Waals surface area contributed by atoms with E-state index < -0.39 is 0 Å². The summed E-state index contributed by atoms with van der Waals surface area (Å²) in [4.78, 5) is 0. The Morgan fingerprint density at radius 2 is 1.83 bits per heavy atom. The summed E-state index contributed by atoms with van der Waals surface area (Å²) in [6.45, 7) is 7.61. The molecule has 6 atom stereocenters. The van der Waals surface area contributed by atoms with E-state index in [2.05, 4.69) is 57.2 Å². The zero-order valence-corrected chi connectivity index (χ0v) is 18.6. The molecule has 0 spiro atoms. The maximum absolute atomic E-state index is 10.2. The van der Waals surface area contributed by atoms with Crippen LogP contribution in [0.15, 0.2) is 53.1 Å². The molecule has 0 saturated heterocycles. The minimum Gasteiger partial charge on any atom is -0.393 e. The van der Waals surface area contributed by atoms with Gasteiger partial charge in [0.2, 0.25) is 0 Å². The molecule has 4 aliphatic rings. The van der Waals surface area contributed by atoms with Crippen molar-refractivity contribution in [3.63, 3.8) is 0 Å². The van der Waals surface area contributed by atoms with E-state index in [1.54, 1.807) is 16.7 Å². The van der Waals surface area contributed by atoms with Gasteiger partial charge < -0.3 is 5.11 Å². The van der Waals surface area contributed by atoms with Gasteiger partial charge in [-0.05, 0) is 103 Å². The van der Waals surface area contributed by atoms with Gasteiger partial charge in [-0.3, -0.25) is 0 Å². The van der Waals surface area contributed by atoms with Gasteiger partial charge in [-0.15, -0.1) is 0 Å². The van der Waals surface area contributed by atoms with Crippen LogP contribution in [0.4, 0.5) is 0 Å². The fourth-order valence-corrected chi connectivity index (χ4v) is 7.86. The molecule has 1 aromatic rings. The summed E-state index contributed by atoms with van der Waals surface area (Å²) in [5.74, 6) is 2.18. The van der Waals surface area contributed by atoms with Crippen molar-refractivity contribution < 1.29 is 5.11 Å². The topological polar surface area (TPSA) is 20.2 Å². The maximum Gasteiger partial charge on any atom is 0.0543 e. The second-order valence-electron chi connectivity index (χ2n) is 11.1. The van der Waals surface area contributed by atoms with Gasteiger partial charge in [-0.1, -0.05) is 62.8 Å². The Morgan fingerprint density at radius 1 is 1.03 bits per heavy atom. The van der Waals surface area contributed by atoms with E-state index in [0.29, 0.717) is 16.7 Å². The SMILES string of the molecule is CC(Cc1ccccc1)[C@H]1CC=C2C3=C(CC[C@@]21C)[C@@]1(C)CC[C@H](O)C[C@@H]1CC3. The molecule has 1 fully saturated rings. The fourth-order valence-electron chi connectivity index (χ4n) is 7.86. The molecule has 5 rings (SSSR count). The fraction of sp³-hybridized carbons (Fsp3) is 0.643. The van der Waals surface area contributed by atoms with Crippen molar-refractivity contribution in [2.45, 2.75) is 84.7 Å². The summed E-state index contributed by atoms with van der Waals surface area (Å²) in [5.41, 5.74) is 7.48. The highest BCUT2D eigenvalue weighted by molar-refractivity contribution is 5.49. The van der Waals surface area contributed by atoms with Gasteiger partial charge in [-0.25, -0.2) is 0 Å². The zero-order chi connectivity index (χ0) is 20.2. The Balaban J connectivity index is 1.41. The molecule has 0 heterocycles. The molecule has 0 amide bonds. The molecule has 1 saturated carbocycles. The Labute approximate surface area is 177 Å². The summed E-state index contributed by atoms with van der Waals surface area (Å²) < 4.78 is 0. The molecule has 4 aliphatic carbocycles. The van der Waals surface area contributed by atoms with Gasteiger partial charge in [0.05, 0.1) is 6.10 Å². The van der Waals surface area contributed by atoms with Crippen molar-refractivity contribution in [2.75, 3.05) is 0 Å². The van der Waals surface area contributed by atoms with E-state index in [1.807, 2.05) is 0 Å². The molecular formula is C28H38O. The second kappa shape index (κ2) is 7.12. The number of allylic oxidation sites excluding steroid dienone is 4. The third-order valence-corrected chi connectivity index (χ3v) is 9.57. The Bertz CT molecular complexity index is 833. The van der Waals surface area contributed by atoms with Crippen LogP contribution in [0.2, 0.25) is 0 Å². The molecule has 1 heteroatoms. The van der Waals surface area contributed by atoms with Crippen LogP contribution in [-0.4, -0.2) is 11.2 Å². The average molecular weight is 391 g/mol. The molecule has 29 heavy (non-hydrogen) atoms. The van der Waals surface area contributed by atoms with Crippen LogP contribution in [0, 0.1) is 28.6 Å². The first-order valence-corrected chi connectivity index (χ1v) is 12.1. The summed E-state index contributed by atoms with van der Waals surface area (Å²) in [6, 6.07) is 11.1. The third-order valence-electron chi connectivity index (χ3n) is 9.57. The predicted octanol–water partition coefficient (Wildman–Crippen LogP) is 6.87. The van der Waals surface area contributed by atoms with Crippen LogP contribution in [-0.2, 0) is 6.42 Å². The van der Waals surface area contributed by atoms with Crippen LogP contribution in [0.3, 0.4) is 0 Å². The number of aliphatic hydroxyl groups excluding tert-OH is 1. The van der Waals surface area contributed by atoms with Crippen LogP contribution < -0.4 is 0 Å². The molecule has 1 nitrogen and oxygen atoms in total. The first-order valence-electron chi connectivity index (χ1n) is 12.1. The first kappa shape index (κ1) is 19.6. The number of fused-ring (bicyclic) bond motifs is 4. The number of aliphatic hydroxyl groups is 1. The molecule has 0 bridgehead atoms. The third kappa shape index (κ3) is 3.07. The highest BCUT2D eigenvalue weighted by atomic mass is 16.3. The summed E-state index contributed by atoms with van der Waals surface area (Å²) >= 11 is 0. The molecular weight excluding hydrogens is 352 g/mol. The lowest BCUT2D eigenvalue weighted by molar-refractivity contribution is 0.0226. The van der Waals surface area contributed by atoms with Crippen LogP contribution in [0.25, 0.3) is 0 Å². The van der Waals surface area contributed by atoms with Crippen molar-refractivity contribution in [3.05, 3.63) is 58.7 Å². The van der Waals surface area contributed by atoms with Crippen molar-refractivity contribution in [1.29, 1.82) is 0 Å². The maximum atomic E-state index is 10.2. The lowest BCUT2D eigenvalue weighted by Crippen LogP contribution is -2.44. The Hall–Kier alpha value is -1.34. The Morgan fingerprint density at radius 3 is 2.62 bits per heavy atom. The van der Waals surface area contributed by atoms with E-state index in [1.165, 1.54) is 50.5 Å². The van der Waals surface area contributed by atoms with E-state index >= 15 is 0 Å². The Kier molecular flexibility index (Phi) is 4.81. The van der Waals surface area contributed by atoms with Gasteiger partial charge in [-0.2, -0.15) is 0 Å². The molecule has 0 aromatic heterocycles. The van der Waals surface area contributed by atoms with Crippen molar-refractivity contribution in [3.8, 4) is 0 Å². The number of rotatable bonds is 3. The lowest BCUT2D eigenvalue weighted by Gasteiger charge is -2.54. The zero-order valence-electron chi connectivity index (χ0n) is 18.6. The van der Waals surface area contributed by atoms with Crippen LogP contribution in [0.1, 0.15) is 77.7 Å². The minimum atomic E-state index is -0.0574. The van der Waals surface area contributed by atoms with Crippen molar-refractivity contribution >= 4 is 0 Å². The average Bonchev–Trinajstić information content (AvgIpc) is 3.06. The van der Waals surface area contributed by atoms with Crippen LogP contribution >= 0.6 is 0 Å². The monoisotopic (exact) mass is 390 g/mol. The summed E-state index contributed by atoms with van der Waals surface area (Å²) in [5, 5.41) is 10.2. The summed E-state index contributed by atoms with van der Waals surface area (Å²) in [6.07, 6.45) is 13.4. The lowest BCUT2D eigenvalue weighted by atomic mass is 9.51. The van der Waals surface area contributed by atoms with E-state index in [-0.39, 0.29) is 6.10 Å². The second-order valence-corrected chi connectivity index (χ2v) is 11.1. The molecule has 1 unspecified atom stereocenters. The highest BCUT2D eigenvalue weighted by Gasteiger charge is 2.52. The minimum absolute atomic E-state index is 0.0574. The molecule has 1 N–H and O–H groups in total.